The molecule has 3 aromatic rings. The molecule has 1 saturated heterocycles. The van der Waals surface area contributed by atoms with Gasteiger partial charge in [-0.1, -0.05) is 24.3 Å². The van der Waals surface area contributed by atoms with Crippen molar-refractivity contribution in [1.29, 1.82) is 0 Å². The number of piperazine rings is 1. The fourth-order valence-electron chi connectivity index (χ4n) is 5.53. The average Bonchev–Trinajstić information content (AvgIpc) is 3.52. The molecule has 0 unspecified atom stereocenters. The Morgan fingerprint density at radius 2 is 1.76 bits per heavy atom. The molecule has 1 amide bonds. The molecule has 6 rings (SSSR count). The quantitative estimate of drug-likeness (QED) is 0.558. The van der Waals surface area contributed by atoms with E-state index in [1.807, 2.05) is 48.2 Å². The average molecular weight is 521 g/mol. The van der Waals surface area contributed by atoms with Gasteiger partial charge in [-0.2, -0.15) is 0 Å². The molecule has 3 aliphatic heterocycles. The van der Waals surface area contributed by atoms with Gasteiger partial charge in [-0.3, -0.25) is 9.10 Å². The van der Waals surface area contributed by atoms with Crippen molar-refractivity contribution in [3.05, 3.63) is 83.4 Å². The van der Waals surface area contributed by atoms with Crippen molar-refractivity contribution in [2.75, 3.05) is 37.3 Å². The van der Waals surface area contributed by atoms with Gasteiger partial charge in [-0.15, -0.1) is 0 Å². The Hall–Kier alpha value is -3.56. The van der Waals surface area contributed by atoms with Crippen molar-refractivity contribution in [3.8, 4) is 11.5 Å². The zero-order chi connectivity index (χ0) is 25.6. The molecule has 0 aliphatic carbocycles. The van der Waals surface area contributed by atoms with E-state index in [0.29, 0.717) is 30.8 Å². The van der Waals surface area contributed by atoms with E-state index in [9.17, 15) is 13.2 Å². The first-order valence-corrected chi connectivity index (χ1v) is 14.1. The minimum absolute atomic E-state index is 0.131. The summed E-state index contributed by atoms with van der Waals surface area (Å²) in [6.07, 6.45) is 0.674. The highest BCUT2D eigenvalue weighted by Gasteiger charge is 2.36. The van der Waals surface area contributed by atoms with Crippen molar-refractivity contribution in [2.45, 2.75) is 30.8 Å². The first kappa shape index (κ1) is 23.8. The number of benzene rings is 3. The second-order valence-electron chi connectivity index (χ2n) is 9.92. The number of nitrogens with one attached hydrogen (secondary N) is 1. The fourth-order valence-corrected chi connectivity index (χ4v) is 7.27. The number of carbonyl (C=O) groups excluding carboxylic acids is 1. The van der Waals surface area contributed by atoms with E-state index in [1.54, 1.807) is 18.2 Å². The maximum atomic E-state index is 13.6. The van der Waals surface area contributed by atoms with E-state index < -0.39 is 10.0 Å². The van der Waals surface area contributed by atoms with Crippen LogP contribution in [0.15, 0.2) is 71.6 Å². The van der Waals surface area contributed by atoms with E-state index in [1.165, 1.54) is 20.8 Å². The molecule has 3 aromatic carbocycles. The lowest BCUT2D eigenvalue weighted by Gasteiger charge is -2.32. The molecule has 0 aromatic heterocycles. The molecular formula is C28H30N3O5S+. The van der Waals surface area contributed by atoms with E-state index in [4.69, 9.17) is 9.47 Å². The van der Waals surface area contributed by atoms with Gasteiger partial charge in [0, 0.05) is 17.2 Å². The number of nitrogens with zero attached hydrogens (tertiary/aromatic N) is 2. The zero-order valence-electron chi connectivity index (χ0n) is 20.7. The van der Waals surface area contributed by atoms with Crippen molar-refractivity contribution in [1.82, 2.24) is 4.90 Å². The molecule has 9 heteroatoms. The Morgan fingerprint density at radius 3 is 2.59 bits per heavy atom. The number of fused-ring (bicyclic) bond motifs is 2. The van der Waals surface area contributed by atoms with Crippen LogP contribution in [0, 0.1) is 0 Å². The van der Waals surface area contributed by atoms with Gasteiger partial charge in [-0.25, -0.2) is 8.42 Å². The van der Waals surface area contributed by atoms with E-state index >= 15 is 0 Å². The predicted octanol–water partition coefficient (Wildman–Crippen LogP) is 2.10. The molecule has 37 heavy (non-hydrogen) atoms. The monoisotopic (exact) mass is 520 g/mol. The van der Waals surface area contributed by atoms with Crippen molar-refractivity contribution in [2.24, 2.45) is 0 Å². The van der Waals surface area contributed by atoms with Crippen LogP contribution in [-0.2, 0) is 23.0 Å². The SMILES string of the molecule is C[C@@H]1Cc2ccccc2N1S(=O)(=O)c1cccc(C(=O)N2CC[NH+](Cc3ccc4c(c3)OCO4)CC2)c1. The molecule has 3 heterocycles. The van der Waals surface area contributed by atoms with Crippen LogP contribution >= 0.6 is 0 Å². The lowest BCUT2D eigenvalue weighted by molar-refractivity contribution is -0.917. The van der Waals surface area contributed by atoms with Gasteiger partial charge < -0.3 is 19.3 Å². The number of hydrogen-bond donors (Lipinski definition) is 1. The number of hydrogen-bond acceptors (Lipinski definition) is 5. The Labute approximate surface area is 217 Å². The molecule has 1 fully saturated rings. The Kier molecular flexibility index (Phi) is 6.04. The molecule has 192 valence electrons. The summed E-state index contributed by atoms with van der Waals surface area (Å²) in [4.78, 5) is 16.7. The number of anilines is 1. The lowest BCUT2D eigenvalue weighted by Crippen LogP contribution is -3.13. The van der Waals surface area contributed by atoms with Crippen molar-refractivity contribution >= 4 is 21.6 Å². The maximum absolute atomic E-state index is 13.6. The molecule has 0 spiro atoms. The first-order valence-electron chi connectivity index (χ1n) is 12.6. The number of sulfonamides is 1. The highest BCUT2D eigenvalue weighted by Crippen LogP contribution is 2.36. The van der Waals surface area contributed by atoms with Crippen LogP contribution in [0.4, 0.5) is 5.69 Å². The third-order valence-electron chi connectivity index (χ3n) is 7.43. The van der Waals surface area contributed by atoms with Crippen LogP contribution in [0.3, 0.4) is 0 Å². The summed E-state index contributed by atoms with van der Waals surface area (Å²) in [6.45, 7) is 5.90. The number of rotatable bonds is 5. The maximum Gasteiger partial charge on any atom is 0.264 e. The van der Waals surface area contributed by atoms with Crippen LogP contribution < -0.4 is 18.7 Å². The topological polar surface area (TPSA) is 80.6 Å². The summed E-state index contributed by atoms with van der Waals surface area (Å²) in [6, 6.07) is 19.9. The summed E-state index contributed by atoms with van der Waals surface area (Å²) in [5.41, 5.74) is 3.32. The molecule has 0 saturated carbocycles. The number of quaternary nitrogens is 1. The Morgan fingerprint density at radius 1 is 0.973 bits per heavy atom. The highest BCUT2D eigenvalue weighted by atomic mass is 32.2. The van der Waals surface area contributed by atoms with Crippen molar-refractivity contribution < 1.29 is 27.6 Å². The third-order valence-corrected chi connectivity index (χ3v) is 9.36. The lowest BCUT2D eigenvalue weighted by atomic mass is 10.1. The predicted molar refractivity (Wildman–Crippen MR) is 139 cm³/mol. The normalized spacial score (nSPS) is 19.2. The van der Waals surface area contributed by atoms with E-state index in [2.05, 4.69) is 6.07 Å². The fraction of sp³-hybridized carbons (Fsp3) is 0.321. The number of para-hydroxylation sites is 1. The third kappa shape index (κ3) is 4.42. The summed E-state index contributed by atoms with van der Waals surface area (Å²) in [5.74, 6) is 1.43. The van der Waals surface area contributed by atoms with Crippen LogP contribution in [0.25, 0.3) is 0 Å². The molecule has 0 radical (unpaired) electrons. The minimum atomic E-state index is -3.80. The first-order chi connectivity index (χ1) is 17.9. The number of amides is 1. The van der Waals surface area contributed by atoms with Crippen LogP contribution in [0.1, 0.15) is 28.4 Å². The summed E-state index contributed by atoms with van der Waals surface area (Å²) in [5, 5.41) is 0. The second-order valence-corrected chi connectivity index (χ2v) is 11.7. The van der Waals surface area contributed by atoms with E-state index in [-0.39, 0.29) is 23.6 Å². The van der Waals surface area contributed by atoms with E-state index in [0.717, 1.165) is 36.7 Å². The molecular weight excluding hydrogens is 490 g/mol. The number of ether oxygens (including phenoxy) is 2. The summed E-state index contributed by atoms with van der Waals surface area (Å²) in [7, 11) is -3.80. The molecule has 3 aliphatic rings. The van der Waals surface area contributed by atoms with Crippen LogP contribution in [0.2, 0.25) is 0 Å². The summed E-state index contributed by atoms with van der Waals surface area (Å²) >= 11 is 0. The van der Waals surface area contributed by atoms with Gasteiger partial charge >= 0.3 is 0 Å². The van der Waals surface area contributed by atoms with Gasteiger partial charge in [0.25, 0.3) is 15.9 Å². The number of carbonyl (C=O) groups is 1. The van der Waals surface area contributed by atoms with Gasteiger partial charge in [0.2, 0.25) is 6.79 Å². The largest absolute Gasteiger partial charge is 0.454 e. The summed E-state index contributed by atoms with van der Waals surface area (Å²) < 4.78 is 39.6. The molecule has 1 N–H and O–H groups in total. The van der Waals surface area contributed by atoms with Crippen molar-refractivity contribution in [3.63, 3.8) is 0 Å². The Balaban J connectivity index is 1.13. The second kappa shape index (κ2) is 9.39. The van der Waals surface area contributed by atoms with Gasteiger partial charge in [0.05, 0.1) is 36.8 Å². The van der Waals surface area contributed by atoms with Crippen LogP contribution in [-0.4, -0.2) is 58.2 Å². The van der Waals surface area contributed by atoms with Gasteiger partial charge in [0.15, 0.2) is 11.5 Å². The standard InChI is InChI=1S/C28H29N3O5S/c1-20-15-22-5-2-3-8-25(22)31(20)37(33,34)24-7-4-6-23(17-24)28(32)30-13-11-29(12-14-30)18-21-9-10-26-27(16-21)36-19-35-26/h2-10,16-17,20H,11-15,18-19H2,1H3/p+1/t20-/m1/s1. The van der Waals surface area contributed by atoms with Gasteiger partial charge in [-0.05, 0) is 61.4 Å². The molecule has 0 bridgehead atoms. The zero-order valence-corrected chi connectivity index (χ0v) is 21.5. The minimum Gasteiger partial charge on any atom is -0.454 e. The molecule has 1 atom stereocenters. The Bertz CT molecular complexity index is 1450. The smallest absolute Gasteiger partial charge is 0.264 e. The van der Waals surface area contributed by atoms with Crippen LogP contribution in [0.5, 0.6) is 11.5 Å². The molecule has 8 nitrogen and oxygen atoms in total. The van der Waals surface area contributed by atoms with Gasteiger partial charge in [0.1, 0.15) is 6.54 Å². The highest BCUT2D eigenvalue weighted by molar-refractivity contribution is 7.92.